The Labute approximate surface area is 186 Å². The number of aliphatic imine (C=N–C) groups is 1. The quantitative estimate of drug-likeness (QED) is 0.463. The van der Waals surface area contributed by atoms with Crippen LogP contribution in [-0.2, 0) is 20.1 Å². The molecule has 0 bridgehead atoms. The molecule has 0 amide bonds. The van der Waals surface area contributed by atoms with Gasteiger partial charge in [-0.2, -0.15) is 5.10 Å². The third-order valence-electron chi connectivity index (χ3n) is 5.98. The van der Waals surface area contributed by atoms with E-state index in [1.165, 1.54) is 21.6 Å². The van der Waals surface area contributed by atoms with Crippen LogP contribution in [0, 0.1) is 0 Å². The summed E-state index contributed by atoms with van der Waals surface area (Å²) in [5.74, 6) is 0. The lowest BCUT2D eigenvalue weighted by Crippen LogP contribution is -2.25. The third kappa shape index (κ3) is 2.84. The van der Waals surface area contributed by atoms with Crippen LogP contribution in [0.25, 0.3) is 21.3 Å². The van der Waals surface area contributed by atoms with Gasteiger partial charge >= 0.3 is 0 Å². The van der Waals surface area contributed by atoms with E-state index in [0.29, 0.717) is 29.3 Å². The summed E-state index contributed by atoms with van der Waals surface area (Å²) in [7, 11) is 1.84. The number of benzene rings is 2. The predicted octanol–water partition coefficient (Wildman–Crippen LogP) is 3.41. The maximum Gasteiger partial charge on any atom is 0.291 e. The first-order chi connectivity index (χ1) is 15.6. The minimum Gasteiger partial charge on any atom is -0.381 e. The van der Waals surface area contributed by atoms with E-state index in [1.807, 2.05) is 55.7 Å². The second kappa shape index (κ2) is 7.22. The zero-order valence-corrected chi connectivity index (χ0v) is 18.1. The first kappa shape index (κ1) is 19.1. The summed E-state index contributed by atoms with van der Waals surface area (Å²) in [4.78, 5) is 22.3. The van der Waals surface area contributed by atoms with E-state index in [0.717, 1.165) is 26.8 Å². The van der Waals surface area contributed by atoms with Crippen LogP contribution >= 0.6 is 11.3 Å². The van der Waals surface area contributed by atoms with Crippen molar-refractivity contribution in [1.82, 2.24) is 19.3 Å². The van der Waals surface area contributed by atoms with Crippen molar-refractivity contribution in [3.63, 3.8) is 0 Å². The zero-order chi connectivity index (χ0) is 21.8. The number of thiazole rings is 1. The molecule has 2 aromatic carbocycles. The molecule has 8 heteroatoms. The highest BCUT2D eigenvalue weighted by atomic mass is 32.1. The molecular formula is C24H19N5O2S. The number of nitrogens with zero attached hydrogens (tertiary/aromatic N) is 5. The van der Waals surface area contributed by atoms with Gasteiger partial charge in [0.15, 0.2) is 5.65 Å². The van der Waals surface area contributed by atoms with Crippen molar-refractivity contribution in [2.75, 3.05) is 0 Å². The SMILES string of the molecule is Cn1c2nc(C(O)c3ccccc3)sc2c2cnn(Cc3cccc4c3C=NC4)c(=O)c21. The van der Waals surface area contributed by atoms with E-state index < -0.39 is 6.10 Å². The lowest BCUT2D eigenvalue weighted by molar-refractivity contribution is 0.220. The van der Waals surface area contributed by atoms with Crippen molar-refractivity contribution >= 4 is 38.8 Å². The van der Waals surface area contributed by atoms with Gasteiger partial charge in [0, 0.05) is 24.2 Å². The molecule has 32 heavy (non-hydrogen) atoms. The van der Waals surface area contributed by atoms with Crippen LogP contribution < -0.4 is 5.56 Å². The lowest BCUT2D eigenvalue weighted by Gasteiger charge is -2.09. The molecule has 1 aliphatic rings. The Morgan fingerprint density at radius 2 is 2.00 bits per heavy atom. The third-order valence-corrected chi connectivity index (χ3v) is 7.11. The Kier molecular flexibility index (Phi) is 4.31. The topological polar surface area (TPSA) is 85.3 Å². The Morgan fingerprint density at radius 3 is 2.84 bits per heavy atom. The smallest absolute Gasteiger partial charge is 0.291 e. The Morgan fingerprint density at radius 1 is 1.16 bits per heavy atom. The summed E-state index contributed by atoms with van der Waals surface area (Å²) in [6, 6.07) is 15.5. The van der Waals surface area contributed by atoms with E-state index in [2.05, 4.69) is 21.1 Å². The molecule has 4 heterocycles. The van der Waals surface area contributed by atoms with Crippen molar-refractivity contribution < 1.29 is 5.11 Å². The monoisotopic (exact) mass is 441 g/mol. The van der Waals surface area contributed by atoms with Gasteiger partial charge in [-0.05, 0) is 16.7 Å². The molecule has 0 fully saturated rings. The fourth-order valence-electron chi connectivity index (χ4n) is 4.32. The van der Waals surface area contributed by atoms with Gasteiger partial charge in [0.1, 0.15) is 16.6 Å². The highest BCUT2D eigenvalue weighted by Gasteiger charge is 2.22. The van der Waals surface area contributed by atoms with Gasteiger partial charge < -0.3 is 9.67 Å². The number of aliphatic hydroxyl groups is 1. The van der Waals surface area contributed by atoms with Gasteiger partial charge in [-0.1, -0.05) is 48.5 Å². The highest BCUT2D eigenvalue weighted by Crippen LogP contribution is 2.35. The second-order valence-electron chi connectivity index (χ2n) is 7.91. The van der Waals surface area contributed by atoms with Crippen LogP contribution in [0.15, 0.2) is 64.5 Å². The van der Waals surface area contributed by atoms with Crippen molar-refractivity contribution in [3.8, 4) is 0 Å². The van der Waals surface area contributed by atoms with Gasteiger partial charge in [0.05, 0.1) is 24.0 Å². The summed E-state index contributed by atoms with van der Waals surface area (Å²) in [5, 5.41) is 16.6. The summed E-state index contributed by atoms with van der Waals surface area (Å²) in [6.07, 6.45) is 2.79. The number of fused-ring (bicyclic) bond motifs is 4. The van der Waals surface area contributed by atoms with Crippen LogP contribution in [-0.4, -0.2) is 30.7 Å². The van der Waals surface area contributed by atoms with Crippen molar-refractivity contribution in [1.29, 1.82) is 0 Å². The van der Waals surface area contributed by atoms with Gasteiger partial charge in [0.25, 0.3) is 5.56 Å². The summed E-state index contributed by atoms with van der Waals surface area (Å²) in [5.41, 5.74) is 5.15. The molecular weight excluding hydrogens is 422 g/mol. The highest BCUT2D eigenvalue weighted by molar-refractivity contribution is 7.19. The molecule has 3 aromatic heterocycles. The van der Waals surface area contributed by atoms with Crippen molar-refractivity contribution in [2.45, 2.75) is 19.2 Å². The number of rotatable bonds is 4. The van der Waals surface area contributed by atoms with Gasteiger partial charge in [0.2, 0.25) is 0 Å². The first-order valence-electron chi connectivity index (χ1n) is 10.3. The van der Waals surface area contributed by atoms with Gasteiger partial charge in [-0.3, -0.25) is 9.79 Å². The minimum atomic E-state index is -0.807. The summed E-state index contributed by atoms with van der Waals surface area (Å²) >= 11 is 1.40. The molecule has 1 aliphatic heterocycles. The van der Waals surface area contributed by atoms with E-state index >= 15 is 0 Å². The Balaban J connectivity index is 1.44. The number of hydrogen-bond donors (Lipinski definition) is 1. The van der Waals surface area contributed by atoms with Crippen LogP contribution in [0.4, 0.5) is 0 Å². The molecule has 0 saturated carbocycles. The van der Waals surface area contributed by atoms with Crippen LogP contribution in [0.5, 0.6) is 0 Å². The number of aromatic nitrogens is 4. The molecule has 6 rings (SSSR count). The zero-order valence-electron chi connectivity index (χ0n) is 17.3. The number of hydrogen-bond acceptors (Lipinski definition) is 6. The van der Waals surface area contributed by atoms with Crippen molar-refractivity contribution in [3.05, 3.63) is 92.3 Å². The normalized spacial score (nSPS) is 13.8. The van der Waals surface area contributed by atoms with Gasteiger partial charge in [-0.25, -0.2) is 9.67 Å². The molecule has 1 unspecified atom stereocenters. The minimum absolute atomic E-state index is 0.159. The van der Waals surface area contributed by atoms with Crippen molar-refractivity contribution in [2.24, 2.45) is 12.0 Å². The fraction of sp³-hybridized carbons (Fsp3) is 0.167. The Hall–Kier alpha value is -3.62. The molecule has 0 spiro atoms. The maximum atomic E-state index is 13.3. The largest absolute Gasteiger partial charge is 0.381 e. The first-order valence-corrected chi connectivity index (χ1v) is 11.1. The molecule has 0 radical (unpaired) electrons. The van der Waals surface area contributed by atoms with Crippen LogP contribution in [0.1, 0.15) is 33.4 Å². The summed E-state index contributed by atoms with van der Waals surface area (Å²) in [6.45, 7) is 1.07. The van der Waals surface area contributed by atoms with E-state index in [-0.39, 0.29) is 5.56 Å². The average molecular weight is 442 g/mol. The molecule has 7 nitrogen and oxygen atoms in total. The van der Waals surface area contributed by atoms with E-state index in [9.17, 15) is 9.90 Å². The molecule has 1 atom stereocenters. The average Bonchev–Trinajstić information content (AvgIpc) is 3.53. The number of aryl methyl sites for hydroxylation is 1. The molecule has 0 aliphatic carbocycles. The van der Waals surface area contributed by atoms with Gasteiger partial charge in [-0.15, -0.1) is 11.3 Å². The van der Waals surface area contributed by atoms with E-state index in [4.69, 9.17) is 0 Å². The number of aliphatic hydroxyl groups excluding tert-OH is 1. The molecule has 158 valence electrons. The van der Waals surface area contributed by atoms with E-state index in [1.54, 1.807) is 10.8 Å². The maximum absolute atomic E-state index is 13.3. The lowest BCUT2D eigenvalue weighted by atomic mass is 10.0. The summed E-state index contributed by atoms with van der Waals surface area (Å²) < 4.78 is 4.16. The second-order valence-corrected chi connectivity index (χ2v) is 8.94. The van der Waals surface area contributed by atoms with Crippen LogP contribution in [0.3, 0.4) is 0 Å². The fourth-order valence-corrected chi connectivity index (χ4v) is 5.44. The Bertz CT molecular complexity index is 1580. The molecule has 1 N–H and O–H groups in total. The standard InChI is InChI=1S/C24H19N5O2S/c1-28-19-18(21-22(28)27-23(32-21)20(30)14-6-3-2-4-7-14)12-26-29(24(19)31)13-16-9-5-8-15-10-25-11-17(15)16/h2-9,11-12,20,30H,10,13H2,1H3. The van der Waals surface area contributed by atoms with Crippen LogP contribution in [0.2, 0.25) is 0 Å². The predicted molar refractivity (Wildman–Crippen MR) is 125 cm³/mol. The molecule has 5 aromatic rings. The molecule has 0 saturated heterocycles.